The van der Waals surface area contributed by atoms with Gasteiger partial charge in [-0.05, 0) is 22.0 Å². The van der Waals surface area contributed by atoms with Gasteiger partial charge in [-0.3, -0.25) is 4.68 Å². The summed E-state index contributed by atoms with van der Waals surface area (Å²) in [5.74, 6) is 0. The molecule has 0 N–H and O–H groups in total. The molecule has 1 heterocycles. The first kappa shape index (κ1) is 10.5. The Bertz CT molecular complexity index is 671. The van der Waals surface area contributed by atoms with Gasteiger partial charge in [0.2, 0.25) is 0 Å². The van der Waals surface area contributed by atoms with Gasteiger partial charge in [0.1, 0.15) is 5.52 Å². The van der Waals surface area contributed by atoms with Gasteiger partial charge < -0.3 is 0 Å². The van der Waals surface area contributed by atoms with Gasteiger partial charge in [0.25, 0.3) is 0 Å². The van der Waals surface area contributed by atoms with E-state index in [0.717, 1.165) is 15.7 Å². The second-order valence-electron chi connectivity index (χ2n) is 3.97. The molecule has 1 aromatic heterocycles. The molecule has 0 fully saturated rings. The maximum absolute atomic E-state index is 4.56. The van der Waals surface area contributed by atoms with Crippen molar-refractivity contribution in [2.24, 2.45) is 7.05 Å². The molecule has 0 saturated carbocycles. The van der Waals surface area contributed by atoms with Crippen molar-refractivity contribution in [3.8, 4) is 11.3 Å². The Morgan fingerprint density at radius 2 is 1.76 bits per heavy atom. The van der Waals surface area contributed by atoms with Crippen LogP contribution in [-0.2, 0) is 7.05 Å². The Labute approximate surface area is 108 Å². The standard InChI is InChI=1S/C14H11BrN2/c1-17-14(10-6-3-2-4-7-10)11-8-5-9-12(15)13(11)16-17/h2-9H,1H3. The molecule has 2 aromatic carbocycles. The fourth-order valence-electron chi connectivity index (χ4n) is 2.12. The van der Waals surface area contributed by atoms with E-state index in [2.05, 4.69) is 39.2 Å². The maximum Gasteiger partial charge on any atom is 0.107 e. The molecule has 84 valence electrons. The van der Waals surface area contributed by atoms with Crippen LogP contribution in [0.15, 0.2) is 53.0 Å². The van der Waals surface area contributed by atoms with Crippen molar-refractivity contribution in [3.63, 3.8) is 0 Å². The normalized spacial score (nSPS) is 10.9. The number of aryl methyl sites for hydroxylation is 1. The average molecular weight is 287 g/mol. The molecular weight excluding hydrogens is 276 g/mol. The second-order valence-corrected chi connectivity index (χ2v) is 4.83. The van der Waals surface area contributed by atoms with Crippen LogP contribution in [0.25, 0.3) is 22.2 Å². The van der Waals surface area contributed by atoms with E-state index in [-0.39, 0.29) is 0 Å². The third-order valence-corrected chi connectivity index (χ3v) is 3.50. The minimum absolute atomic E-state index is 1.01. The number of aromatic nitrogens is 2. The second kappa shape index (κ2) is 4.00. The molecule has 0 amide bonds. The average Bonchev–Trinajstić information content (AvgIpc) is 2.68. The van der Waals surface area contributed by atoms with E-state index in [4.69, 9.17) is 0 Å². The van der Waals surface area contributed by atoms with Crippen LogP contribution in [0.3, 0.4) is 0 Å². The van der Waals surface area contributed by atoms with E-state index in [9.17, 15) is 0 Å². The number of rotatable bonds is 1. The van der Waals surface area contributed by atoms with Gasteiger partial charge in [0.05, 0.1) is 5.69 Å². The topological polar surface area (TPSA) is 17.8 Å². The van der Waals surface area contributed by atoms with Crippen molar-refractivity contribution in [2.75, 3.05) is 0 Å². The number of nitrogens with zero attached hydrogens (tertiary/aromatic N) is 2. The van der Waals surface area contributed by atoms with E-state index in [0.29, 0.717) is 0 Å². The van der Waals surface area contributed by atoms with Crippen molar-refractivity contribution < 1.29 is 0 Å². The van der Waals surface area contributed by atoms with Crippen molar-refractivity contribution >= 4 is 26.8 Å². The summed E-state index contributed by atoms with van der Waals surface area (Å²) in [5, 5.41) is 5.73. The van der Waals surface area contributed by atoms with Crippen molar-refractivity contribution in [1.29, 1.82) is 0 Å². The van der Waals surface area contributed by atoms with Crippen LogP contribution in [0.5, 0.6) is 0 Å². The third-order valence-electron chi connectivity index (χ3n) is 2.86. The molecule has 0 atom stereocenters. The van der Waals surface area contributed by atoms with Crippen molar-refractivity contribution in [3.05, 3.63) is 53.0 Å². The van der Waals surface area contributed by atoms with Gasteiger partial charge in [-0.25, -0.2) is 0 Å². The SMILES string of the molecule is Cn1nc2c(Br)cccc2c1-c1ccccc1. The zero-order chi connectivity index (χ0) is 11.8. The summed E-state index contributed by atoms with van der Waals surface area (Å²) < 4.78 is 2.97. The lowest BCUT2D eigenvalue weighted by atomic mass is 10.1. The van der Waals surface area contributed by atoms with Gasteiger partial charge in [-0.1, -0.05) is 42.5 Å². The summed E-state index contributed by atoms with van der Waals surface area (Å²) in [6, 6.07) is 16.5. The molecule has 3 heteroatoms. The van der Waals surface area contributed by atoms with Gasteiger partial charge in [0.15, 0.2) is 0 Å². The molecule has 3 aromatic rings. The summed E-state index contributed by atoms with van der Waals surface area (Å²) >= 11 is 3.54. The fraction of sp³-hybridized carbons (Fsp3) is 0.0714. The monoisotopic (exact) mass is 286 g/mol. The lowest BCUT2D eigenvalue weighted by molar-refractivity contribution is 0.787. The number of benzene rings is 2. The highest BCUT2D eigenvalue weighted by Crippen LogP contribution is 2.31. The summed E-state index contributed by atoms with van der Waals surface area (Å²) in [6.45, 7) is 0. The zero-order valence-corrected chi connectivity index (χ0v) is 11.0. The first-order valence-corrected chi connectivity index (χ1v) is 6.23. The molecule has 2 nitrogen and oxygen atoms in total. The molecule has 0 unspecified atom stereocenters. The zero-order valence-electron chi connectivity index (χ0n) is 9.39. The minimum atomic E-state index is 1.01. The largest absolute Gasteiger partial charge is 0.267 e. The van der Waals surface area contributed by atoms with E-state index < -0.39 is 0 Å². The Morgan fingerprint density at radius 3 is 2.53 bits per heavy atom. The molecule has 3 rings (SSSR count). The molecular formula is C14H11BrN2. The minimum Gasteiger partial charge on any atom is -0.267 e. The molecule has 0 radical (unpaired) electrons. The Balaban J connectivity index is 2.37. The molecule has 0 aliphatic heterocycles. The van der Waals surface area contributed by atoms with Crippen molar-refractivity contribution in [1.82, 2.24) is 9.78 Å². The van der Waals surface area contributed by atoms with Crippen LogP contribution < -0.4 is 0 Å². The summed E-state index contributed by atoms with van der Waals surface area (Å²) in [4.78, 5) is 0. The first-order valence-electron chi connectivity index (χ1n) is 5.44. The van der Waals surface area contributed by atoms with Gasteiger partial charge in [-0.15, -0.1) is 0 Å². The summed E-state index contributed by atoms with van der Waals surface area (Å²) in [6.07, 6.45) is 0. The molecule has 17 heavy (non-hydrogen) atoms. The van der Waals surface area contributed by atoms with Crippen LogP contribution in [0.2, 0.25) is 0 Å². The maximum atomic E-state index is 4.56. The highest BCUT2D eigenvalue weighted by molar-refractivity contribution is 9.10. The highest BCUT2D eigenvalue weighted by atomic mass is 79.9. The van der Waals surface area contributed by atoms with E-state index in [1.807, 2.05) is 42.1 Å². The van der Waals surface area contributed by atoms with Crippen molar-refractivity contribution in [2.45, 2.75) is 0 Å². The van der Waals surface area contributed by atoms with Crippen LogP contribution >= 0.6 is 15.9 Å². The molecule has 0 aliphatic rings. The summed E-state index contributed by atoms with van der Waals surface area (Å²) in [7, 11) is 1.98. The Kier molecular flexibility index (Phi) is 2.48. The van der Waals surface area contributed by atoms with Crippen LogP contribution in [0, 0.1) is 0 Å². The first-order chi connectivity index (χ1) is 8.27. The number of halogens is 1. The lowest BCUT2D eigenvalue weighted by Crippen LogP contribution is -1.93. The lowest BCUT2D eigenvalue weighted by Gasteiger charge is -2.02. The third kappa shape index (κ3) is 1.67. The van der Waals surface area contributed by atoms with E-state index in [1.165, 1.54) is 10.9 Å². The summed E-state index contributed by atoms with van der Waals surface area (Å²) in [5.41, 5.74) is 3.35. The molecule has 0 bridgehead atoms. The van der Waals surface area contributed by atoms with Gasteiger partial charge in [-0.2, -0.15) is 5.10 Å². The van der Waals surface area contributed by atoms with Gasteiger partial charge in [0, 0.05) is 22.5 Å². The number of hydrogen-bond acceptors (Lipinski definition) is 1. The highest BCUT2D eigenvalue weighted by Gasteiger charge is 2.11. The Hall–Kier alpha value is -1.61. The fourth-order valence-corrected chi connectivity index (χ4v) is 2.57. The van der Waals surface area contributed by atoms with Gasteiger partial charge >= 0.3 is 0 Å². The quantitative estimate of drug-likeness (QED) is 0.661. The Morgan fingerprint density at radius 1 is 1.00 bits per heavy atom. The number of hydrogen-bond donors (Lipinski definition) is 0. The van der Waals surface area contributed by atoms with Crippen LogP contribution in [-0.4, -0.2) is 9.78 Å². The van der Waals surface area contributed by atoms with Crippen LogP contribution in [0.1, 0.15) is 0 Å². The smallest absolute Gasteiger partial charge is 0.107 e. The van der Waals surface area contributed by atoms with E-state index in [1.54, 1.807) is 0 Å². The predicted octanol–water partition coefficient (Wildman–Crippen LogP) is 4.00. The van der Waals surface area contributed by atoms with Crippen LogP contribution in [0.4, 0.5) is 0 Å². The molecule has 0 spiro atoms. The predicted molar refractivity (Wildman–Crippen MR) is 73.9 cm³/mol. The van der Waals surface area contributed by atoms with E-state index >= 15 is 0 Å². The molecule has 0 saturated heterocycles. The number of fused-ring (bicyclic) bond motifs is 1. The molecule has 0 aliphatic carbocycles.